The molecular formula is C19H20N4OS. The molecule has 0 saturated carbocycles. The van der Waals surface area contributed by atoms with Gasteiger partial charge in [0.25, 0.3) is 0 Å². The van der Waals surface area contributed by atoms with Crippen LogP contribution in [0.1, 0.15) is 6.42 Å². The van der Waals surface area contributed by atoms with E-state index in [2.05, 4.69) is 4.98 Å². The standard InChI is InChI=1S/C19H20N4OS/c1-22(18(24)10-12-25-2)17-14-23(16-9-6-11-20-13-16)21-19(17)15-7-4-3-5-8-15/h3-9,11,13-14H,10,12H2,1-2H3. The molecule has 0 saturated heterocycles. The zero-order chi connectivity index (χ0) is 17.6. The summed E-state index contributed by atoms with van der Waals surface area (Å²) in [5.74, 6) is 0.887. The third-order valence-corrected chi connectivity index (χ3v) is 4.52. The van der Waals surface area contributed by atoms with Crippen molar-refractivity contribution in [2.75, 3.05) is 24.0 Å². The number of pyridine rings is 1. The molecule has 2 aromatic heterocycles. The fourth-order valence-electron chi connectivity index (χ4n) is 2.52. The van der Waals surface area contributed by atoms with Gasteiger partial charge in [0.2, 0.25) is 5.91 Å². The lowest BCUT2D eigenvalue weighted by Gasteiger charge is -2.16. The Labute approximate surface area is 151 Å². The molecule has 0 fully saturated rings. The molecule has 5 nitrogen and oxygen atoms in total. The van der Waals surface area contributed by atoms with Crippen LogP contribution in [0, 0.1) is 0 Å². The maximum absolute atomic E-state index is 12.5. The van der Waals surface area contributed by atoms with Crippen molar-refractivity contribution in [3.8, 4) is 16.9 Å². The Morgan fingerprint density at radius 1 is 1.20 bits per heavy atom. The summed E-state index contributed by atoms with van der Waals surface area (Å²) in [5.41, 5.74) is 3.41. The third-order valence-electron chi connectivity index (χ3n) is 3.91. The van der Waals surface area contributed by atoms with Gasteiger partial charge in [-0.2, -0.15) is 16.9 Å². The van der Waals surface area contributed by atoms with Crippen molar-refractivity contribution in [1.82, 2.24) is 14.8 Å². The van der Waals surface area contributed by atoms with Crippen molar-refractivity contribution in [3.63, 3.8) is 0 Å². The second-order valence-electron chi connectivity index (χ2n) is 5.58. The Morgan fingerprint density at radius 3 is 2.68 bits per heavy atom. The number of thioether (sulfide) groups is 1. The van der Waals surface area contributed by atoms with E-state index in [0.29, 0.717) is 6.42 Å². The summed E-state index contributed by atoms with van der Waals surface area (Å²) in [7, 11) is 1.81. The number of anilines is 1. The van der Waals surface area contributed by atoms with Crippen molar-refractivity contribution >= 4 is 23.4 Å². The molecular weight excluding hydrogens is 332 g/mol. The summed E-state index contributed by atoms with van der Waals surface area (Å²) >= 11 is 1.67. The molecule has 0 aliphatic carbocycles. The number of hydrogen-bond donors (Lipinski definition) is 0. The second kappa shape index (κ2) is 7.98. The molecule has 3 aromatic rings. The smallest absolute Gasteiger partial charge is 0.227 e. The Bertz CT molecular complexity index is 833. The molecule has 0 bridgehead atoms. The molecule has 0 N–H and O–H groups in total. The molecule has 2 heterocycles. The van der Waals surface area contributed by atoms with Gasteiger partial charge in [-0.1, -0.05) is 30.3 Å². The lowest BCUT2D eigenvalue weighted by molar-refractivity contribution is -0.117. The molecule has 6 heteroatoms. The van der Waals surface area contributed by atoms with Crippen LogP contribution in [0.4, 0.5) is 5.69 Å². The van der Waals surface area contributed by atoms with E-state index in [1.165, 1.54) is 0 Å². The third kappa shape index (κ3) is 3.91. The average molecular weight is 352 g/mol. The molecule has 0 radical (unpaired) electrons. The average Bonchev–Trinajstić information content (AvgIpc) is 3.12. The molecule has 0 atom stereocenters. The summed E-state index contributed by atoms with van der Waals surface area (Å²) < 4.78 is 1.77. The second-order valence-corrected chi connectivity index (χ2v) is 6.57. The van der Waals surface area contributed by atoms with Crippen LogP contribution in [0.5, 0.6) is 0 Å². The van der Waals surface area contributed by atoms with Crippen molar-refractivity contribution in [2.45, 2.75) is 6.42 Å². The first-order valence-corrected chi connectivity index (χ1v) is 9.41. The monoisotopic (exact) mass is 352 g/mol. The normalized spacial score (nSPS) is 10.6. The highest BCUT2D eigenvalue weighted by Crippen LogP contribution is 2.30. The number of carbonyl (C=O) groups is 1. The Balaban J connectivity index is 2.03. The summed E-state index contributed by atoms with van der Waals surface area (Å²) in [6, 6.07) is 13.7. The molecule has 0 unspecified atom stereocenters. The van der Waals surface area contributed by atoms with E-state index in [0.717, 1.165) is 28.4 Å². The molecule has 25 heavy (non-hydrogen) atoms. The van der Waals surface area contributed by atoms with E-state index in [4.69, 9.17) is 5.10 Å². The SMILES string of the molecule is CSCCC(=O)N(C)c1cn(-c2cccnc2)nc1-c1ccccc1. The number of rotatable bonds is 6. The van der Waals surface area contributed by atoms with E-state index >= 15 is 0 Å². The molecule has 3 rings (SSSR count). The Hall–Kier alpha value is -2.60. The highest BCUT2D eigenvalue weighted by atomic mass is 32.2. The first-order chi connectivity index (χ1) is 12.2. The van der Waals surface area contributed by atoms with E-state index in [1.54, 1.807) is 40.8 Å². The number of nitrogens with zero attached hydrogens (tertiary/aromatic N) is 4. The van der Waals surface area contributed by atoms with Gasteiger partial charge in [0, 0.05) is 31.0 Å². The van der Waals surface area contributed by atoms with E-state index in [9.17, 15) is 4.79 Å². The zero-order valence-electron chi connectivity index (χ0n) is 14.3. The number of carbonyl (C=O) groups excluding carboxylic acids is 1. The molecule has 128 valence electrons. The van der Waals surface area contributed by atoms with Gasteiger partial charge in [0.15, 0.2) is 0 Å². The first kappa shape index (κ1) is 17.2. The molecule has 0 aliphatic rings. The van der Waals surface area contributed by atoms with E-state index in [-0.39, 0.29) is 5.91 Å². The van der Waals surface area contributed by atoms with Crippen LogP contribution in [-0.4, -0.2) is 39.7 Å². The van der Waals surface area contributed by atoms with Crippen molar-refractivity contribution in [3.05, 3.63) is 61.1 Å². The minimum Gasteiger partial charge on any atom is -0.312 e. The van der Waals surface area contributed by atoms with Crippen LogP contribution in [0.3, 0.4) is 0 Å². The molecule has 0 aliphatic heterocycles. The van der Waals surface area contributed by atoms with Crippen LogP contribution in [0.25, 0.3) is 16.9 Å². The molecule has 0 spiro atoms. The van der Waals surface area contributed by atoms with Gasteiger partial charge in [-0.25, -0.2) is 4.68 Å². The zero-order valence-corrected chi connectivity index (χ0v) is 15.1. The maximum atomic E-state index is 12.5. The highest BCUT2D eigenvalue weighted by molar-refractivity contribution is 7.98. The minimum absolute atomic E-state index is 0.0808. The van der Waals surface area contributed by atoms with Gasteiger partial charge < -0.3 is 4.90 Å². The van der Waals surface area contributed by atoms with Gasteiger partial charge in [-0.05, 0) is 18.4 Å². The Morgan fingerprint density at radius 2 is 2.00 bits per heavy atom. The van der Waals surface area contributed by atoms with Crippen molar-refractivity contribution < 1.29 is 4.79 Å². The quantitative estimate of drug-likeness (QED) is 0.679. The van der Waals surface area contributed by atoms with Crippen LogP contribution in [0.15, 0.2) is 61.1 Å². The summed E-state index contributed by atoms with van der Waals surface area (Å²) in [6.45, 7) is 0. The Kier molecular flexibility index (Phi) is 5.50. The van der Waals surface area contributed by atoms with Gasteiger partial charge in [0.05, 0.1) is 23.8 Å². The minimum atomic E-state index is 0.0808. The van der Waals surface area contributed by atoms with Crippen molar-refractivity contribution in [1.29, 1.82) is 0 Å². The van der Waals surface area contributed by atoms with Crippen LogP contribution < -0.4 is 4.90 Å². The molecule has 1 amide bonds. The number of aromatic nitrogens is 3. The predicted octanol–water partition coefficient (Wildman–Crippen LogP) is 3.65. The highest BCUT2D eigenvalue weighted by Gasteiger charge is 2.19. The fourth-order valence-corrected chi connectivity index (χ4v) is 2.90. The summed E-state index contributed by atoms with van der Waals surface area (Å²) in [6.07, 6.45) is 7.87. The lowest BCUT2D eigenvalue weighted by Crippen LogP contribution is -2.26. The summed E-state index contributed by atoms with van der Waals surface area (Å²) in [5, 5.41) is 4.71. The van der Waals surface area contributed by atoms with E-state index in [1.807, 2.05) is 54.9 Å². The van der Waals surface area contributed by atoms with Gasteiger partial charge in [-0.15, -0.1) is 0 Å². The summed E-state index contributed by atoms with van der Waals surface area (Å²) in [4.78, 5) is 18.3. The van der Waals surface area contributed by atoms with Crippen LogP contribution in [-0.2, 0) is 4.79 Å². The molecule has 1 aromatic carbocycles. The van der Waals surface area contributed by atoms with Gasteiger partial charge >= 0.3 is 0 Å². The number of amides is 1. The largest absolute Gasteiger partial charge is 0.312 e. The van der Waals surface area contributed by atoms with E-state index < -0.39 is 0 Å². The topological polar surface area (TPSA) is 51.0 Å². The maximum Gasteiger partial charge on any atom is 0.227 e. The van der Waals surface area contributed by atoms with Crippen LogP contribution in [0.2, 0.25) is 0 Å². The first-order valence-electron chi connectivity index (χ1n) is 8.01. The van der Waals surface area contributed by atoms with Crippen molar-refractivity contribution in [2.24, 2.45) is 0 Å². The number of benzene rings is 1. The van der Waals surface area contributed by atoms with Gasteiger partial charge in [-0.3, -0.25) is 9.78 Å². The predicted molar refractivity (Wildman–Crippen MR) is 103 cm³/mol. The van der Waals surface area contributed by atoms with Crippen LogP contribution >= 0.6 is 11.8 Å². The number of hydrogen-bond acceptors (Lipinski definition) is 4. The lowest BCUT2D eigenvalue weighted by atomic mass is 10.1. The fraction of sp³-hybridized carbons (Fsp3) is 0.211. The van der Waals surface area contributed by atoms with Gasteiger partial charge in [0.1, 0.15) is 5.69 Å².